The third-order valence-corrected chi connectivity index (χ3v) is 3.03. The van der Waals surface area contributed by atoms with Gasteiger partial charge >= 0.3 is 0 Å². The van der Waals surface area contributed by atoms with E-state index in [1.165, 1.54) is 6.92 Å². The van der Waals surface area contributed by atoms with E-state index in [-0.39, 0.29) is 11.8 Å². The summed E-state index contributed by atoms with van der Waals surface area (Å²) < 4.78 is 0. The zero-order chi connectivity index (χ0) is 13.8. The molecule has 0 atom stereocenters. The van der Waals surface area contributed by atoms with Crippen molar-refractivity contribution in [2.75, 3.05) is 31.5 Å². The molecule has 3 N–H and O–H groups in total. The second-order valence-electron chi connectivity index (χ2n) is 4.59. The van der Waals surface area contributed by atoms with Crippen LogP contribution >= 0.6 is 0 Å². The highest BCUT2D eigenvalue weighted by Crippen LogP contribution is 2.13. The fraction of sp³-hybridized carbons (Fsp3) is 0.385. The van der Waals surface area contributed by atoms with Crippen LogP contribution in [0.25, 0.3) is 0 Å². The van der Waals surface area contributed by atoms with Crippen molar-refractivity contribution in [2.45, 2.75) is 6.92 Å². The summed E-state index contributed by atoms with van der Waals surface area (Å²) in [5.74, 6) is 5.48. The highest BCUT2D eigenvalue weighted by Gasteiger charge is 2.20. The Morgan fingerprint density at radius 1 is 1.21 bits per heavy atom. The number of anilines is 1. The molecule has 0 saturated carbocycles. The summed E-state index contributed by atoms with van der Waals surface area (Å²) in [5, 5.41) is 4.38. The number of benzene rings is 1. The van der Waals surface area contributed by atoms with Crippen molar-refractivity contribution in [1.82, 2.24) is 9.91 Å². The van der Waals surface area contributed by atoms with Gasteiger partial charge in [0, 0.05) is 44.4 Å². The number of hydrazine groups is 1. The van der Waals surface area contributed by atoms with Crippen molar-refractivity contribution in [3.63, 3.8) is 0 Å². The van der Waals surface area contributed by atoms with E-state index in [9.17, 15) is 9.59 Å². The predicted octanol–water partition coefficient (Wildman–Crippen LogP) is 0.277. The van der Waals surface area contributed by atoms with E-state index in [1.54, 1.807) is 34.2 Å². The zero-order valence-corrected chi connectivity index (χ0v) is 10.9. The summed E-state index contributed by atoms with van der Waals surface area (Å²) in [5.41, 5.74) is 1.22. The lowest BCUT2D eigenvalue weighted by Crippen LogP contribution is -2.51. The fourth-order valence-corrected chi connectivity index (χ4v) is 2.04. The van der Waals surface area contributed by atoms with E-state index in [2.05, 4.69) is 5.32 Å². The molecule has 6 heteroatoms. The second kappa shape index (κ2) is 5.81. The highest BCUT2D eigenvalue weighted by atomic mass is 16.2. The van der Waals surface area contributed by atoms with Gasteiger partial charge in [-0.15, -0.1) is 0 Å². The van der Waals surface area contributed by atoms with E-state index in [0.717, 1.165) is 0 Å². The molecule has 1 fully saturated rings. The highest BCUT2D eigenvalue weighted by molar-refractivity contribution is 5.96. The maximum atomic E-state index is 12.3. The number of carbonyl (C=O) groups is 2. The van der Waals surface area contributed by atoms with Gasteiger partial charge in [-0.05, 0) is 18.2 Å². The topological polar surface area (TPSA) is 78.7 Å². The third-order valence-electron chi connectivity index (χ3n) is 3.03. The van der Waals surface area contributed by atoms with Crippen LogP contribution in [0, 0.1) is 0 Å². The van der Waals surface area contributed by atoms with Crippen LogP contribution in [0.5, 0.6) is 0 Å². The number of nitrogens with two attached hydrogens (primary N) is 1. The molecule has 2 rings (SSSR count). The molecule has 0 aromatic heterocycles. The largest absolute Gasteiger partial charge is 0.336 e. The maximum absolute atomic E-state index is 12.3. The number of carbonyl (C=O) groups excluding carboxylic acids is 2. The first-order valence-corrected chi connectivity index (χ1v) is 6.23. The molecule has 1 aliphatic rings. The molecule has 0 aliphatic carbocycles. The Bertz CT molecular complexity index is 481. The van der Waals surface area contributed by atoms with Crippen LogP contribution in [0.1, 0.15) is 17.3 Å². The molecular weight excluding hydrogens is 244 g/mol. The number of nitrogens with one attached hydrogen (secondary N) is 1. The van der Waals surface area contributed by atoms with E-state index in [0.29, 0.717) is 37.4 Å². The average molecular weight is 262 g/mol. The van der Waals surface area contributed by atoms with Crippen molar-refractivity contribution in [3.05, 3.63) is 29.8 Å². The number of rotatable bonds is 2. The van der Waals surface area contributed by atoms with Crippen molar-refractivity contribution in [1.29, 1.82) is 0 Å². The number of nitrogens with zero attached hydrogens (tertiary/aromatic N) is 2. The van der Waals surface area contributed by atoms with Crippen LogP contribution in [0.2, 0.25) is 0 Å². The van der Waals surface area contributed by atoms with E-state index in [1.807, 2.05) is 0 Å². The standard InChI is InChI=1S/C13H18N4O2/c1-10(18)15-12-4-2-3-11(9-12)13(19)16-5-7-17(14)8-6-16/h2-4,9H,5-8,14H2,1H3,(H,15,18). The number of hydrogen-bond acceptors (Lipinski definition) is 4. The summed E-state index contributed by atoms with van der Waals surface area (Å²) >= 11 is 0. The van der Waals surface area contributed by atoms with Gasteiger partial charge in [-0.3, -0.25) is 15.4 Å². The Kier molecular flexibility index (Phi) is 4.13. The van der Waals surface area contributed by atoms with Crippen molar-refractivity contribution in [2.24, 2.45) is 5.84 Å². The molecular formula is C13H18N4O2. The molecule has 0 unspecified atom stereocenters. The lowest BCUT2D eigenvalue weighted by Gasteiger charge is -2.32. The summed E-state index contributed by atoms with van der Waals surface area (Å²) in [6.07, 6.45) is 0. The summed E-state index contributed by atoms with van der Waals surface area (Å²) in [6, 6.07) is 6.97. The van der Waals surface area contributed by atoms with Crippen LogP contribution in [0.15, 0.2) is 24.3 Å². The summed E-state index contributed by atoms with van der Waals surface area (Å²) in [7, 11) is 0. The summed E-state index contributed by atoms with van der Waals surface area (Å²) in [6.45, 7) is 4.04. The normalized spacial score (nSPS) is 16.2. The first-order valence-electron chi connectivity index (χ1n) is 6.23. The Morgan fingerprint density at radius 3 is 2.53 bits per heavy atom. The second-order valence-corrected chi connectivity index (χ2v) is 4.59. The molecule has 1 aromatic rings. The monoisotopic (exact) mass is 262 g/mol. The fourth-order valence-electron chi connectivity index (χ4n) is 2.04. The van der Waals surface area contributed by atoms with Gasteiger partial charge < -0.3 is 10.2 Å². The zero-order valence-electron chi connectivity index (χ0n) is 10.9. The summed E-state index contributed by atoms with van der Waals surface area (Å²) in [4.78, 5) is 25.1. The van der Waals surface area contributed by atoms with E-state index in [4.69, 9.17) is 5.84 Å². The van der Waals surface area contributed by atoms with Gasteiger partial charge in [0.25, 0.3) is 5.91 Å². The Balaban J connectivity index is 2.08. The number of amides is 2. The van der Waals surface area contributed by atoms with Gasteiger partial charge in [0.1, 0.15) is 0 Å². The molecule has 1 aromatic carbocycles. The minimum Gasteiger partial charge on any atom is -0.336 e. The van der Waals surface area contributed by atoms with Gasteiger partial charge in [-0.2, -0.15) is 0 Å². The number of piperazine rings is 1. The van der Waals surface area contributed by atoms with Gasteiger partial charge in [0.05, 0.1) is 0 Å². The van der Waals surface area contributed by atoms with Crippen LogP contribution < -0.4 is 11.2 Å². The predicted molar refractivity (Wildman–Crippen MR) is 72.4 cm³/mol. The maximum Gasteiger partial charge on any atom is 0.254 e. The molecule has 0 spiro atoms. The van der Waals surface area contributed by atoms with E-state index >= 15 is 0 Å². The minimum absolute atomic E-state index is 0.0275. The quantitative estimate of drug-likeness (QED) is 0.750. The Morgan fingerprint density at radius 2 is 1.89 bits per heavy atom. The SMILES string of the molecule is CC(=O)Nc1cccc(C(=O)N2CCN(N)CC2)c1. The first-order chi connectivity index (χ1) is 9.06. The Labute approximate surface area is 112 Å². The van der Waals surface area contributed by atoms with Crippen molar-refractivity contribution in [3.8, 4) is 0 Å². The van der Waals surface area contributed by atoms with Crippen molar-refractivity contribution < 1.29 is 9.59 Å². The Hall–Kier alpha value is -1.92. The van der Waals surface area contributed by atoms with Crippen LogP contribution in [0.3, 0.4) is 0 Å². The third kappa shape index (κ3) is 3.52. The molecule has 1 aliphatic heterocycles. The van der Waals surface area contributed by atoms with Crippen molar-refractivity contribution >= 4 is 17.5 Å². The smallest absolute Gasteiger partial charge is 0.254 e. The molecule has 0 bridgehead atoms. The first kappa shape index (κ1) is 13.5. The van der Waals surface area contributed by atoms with Gasteiger partial charge in [-0.25, -0.2) is 5.01 Å². The molecule has 2 amide bonds. The molecule has 1 saturated heterocycles. The number of hydrogen-bond donors (Lipinski definition) is 2. The molecule has 19 heavy (non-hydrogen) atoms. The lowest BCUT2D eigenvalue weighted by atomic mass is 10.1. The average Bonchev–Trinajstić information content (AvgIpc) is 2.38. The van der Waals surface area contributed by atoms with Gasteiger partial charge in [0.15, 0.2) is 0 Å². The molecule has 1 heterocycles. The van der Waals surface area contributed by atoms with Crippen LogP contribution in [0.4, 0.5) is 5.69 Å². The molecule has 102 valence electrons. The minimum atomic E-state index is -0.152. The molecule has 6 nitrogen and oxygen atoms in total. The lowest BCUT2D eigenvalue weighted by molar-refractivity contribution is -0.114. The van der Waals surface area contributed by atoms with Gasteiger partial charge in [-0.1, -0.05) is 6.07 Å². The van der Waals surface area contributed by atoms with Gasteiger partial charge in [0.2, 0.25) is 5.91 Å². The van der Waals surface area contributed by atoms with Crippen LogP contribution in [-0.2, 0) is 4.79 Å². The van der Waals surface area contributed by atoms with Crippen LogP contribution in [-0.4, -0.2) is 47.9 Å². The molecule has 0 radical (unpaired) electrons. The van der Waals surface area contributed by atoms with E-state index < -0.39 is 0 Å².